The van der Waals surface area contributed by atoms with Crippen LogP contribution in [-0.2, 0) is 20.8 Å². The Morgan fingerprint density at radius 3 is 2.44 bits per heavy atom. The second-order valence-corrected chi connectivity index (χ2v) is 7.46. The highest BCUT2D eigenvalue weighted by atomic mass is 32.1. The second kappa shape index (κ2) is 8.42. The lowest BCUT2D eigenvalue weighted by Gasteiger charge is -2.34. The van der Waals surface area contributed by atoms with Crippen LogP contribution in [0.15, 0.2) is 0 Å². The molecule has 1 N–H and O–H groups in total. The van der Waals surface area contributed by atoms with Gasteiger partial charge in [-0.3, -0.25) is 14.4 Å². The van der Waals surface area contributed by atoms with E-state index in [9.17, 15) is 14.4 Å². The highest BCUT2D eigenvalue weighted by molar-refractivity contribution is 7.16. The minimum Gasteiger partial charge on any atom is -0.356 e. The number of fused-ring (bicyclic) bond motifs is 1. The number of carbonyl (C=O) groups is 3. The van der Waals surface area contributed by atoms with Gasteiger partial charge in [0.25, 0.3) is 0 Å². The van der Waals surface area contributed by atoms with Gasteiger partial charge in [0.05, 0.1) is 0 Å². The van der Waals surface area contributed by atoms with Crippen LogP contribution in [0.4, 0.5) is 0 Å². The number of piperazine rings is 1. The molecule has 0 aromatic carbocycles. The lowest BCUT2D eigenvalue weighted by molar-refractivity contribution is -0.138. The number of aryl methyl sites for hydroxylation is 2. The van der Waals surface area contributed by atoms with Gasteiger partial charge >= 0.3 is 0 Å². The minimum atomic E-state index is -0.105. The van der Waals surface area contributed by atoms with Crippen molar-refractivity contribution in [2.24, 2.45) is 0 Å². The van der Waals surface area contributed by atoms with Gasteiger partial charge in [0, 0.05) is 58.9 Å². The van der Waals surface area contributed by atoms with Crippen molar-refractivity contribution in [2.75, 3.05) is 32.7 Å². The quantitative estimate of drug-likeness (QED) is 0.716. The van der Waals surface area contributed by atoms with Crippen LogP contribution < -0.4 is 5.32 Å². The first-order valence-corrected chi connectivity index (χ1v) is 9.73. The largest absolute Gasteiger partial charge is 0.356 e. The van der Waals surface area contributed by atoms with Crippen LogP contribution in [0.5, 0.6) is 0 Å². The standard InChI is InChI=1S/C16H23N7O3S/c1-11-18-19-16-23(11)20-14(27-16)4-3-13(25)17-6-5-15(26)22-9-7-21(8-10-22)12(2)24/h3-10H2,1-2H3,(H,17,25). The summed E-state index contributed by atoms with van der Waals surface area (Å²) in [5.74, 6) is 0.656. The summed E-state index contributed by atoms with van der Waals surface area (Å²) in [5.41, 5.74) is 0. The van der Waals surface area contributed by atoms with E-state index in [4.69, 9.17) is 0 Å². The fourth-order valence-corrected chi connectivity index (χ4v) is 3.78. The zero-order valence-corrected chi connectivity index (χ0v) is 16.3. The molecule has 11 heteroatoms. The van der Waals surface area contributed by atoms with Gasteiger partial charge in [0.15, 0.2) is 5.82 Å². The maximum atomic E-state index is 12.2. The molecular formula is C16H23N7O3S. The SMILES string of the molecule is CC(=O)N1CCN(C(=O)CCNC(=O)CCc2nn3c(C)nnc3s2)CC1. The van der Waals surface area contributed by atoms with Crippen LogP contribution in [0.3, 0.4) is 0 Å². The maximum Gasteiger partial charge on any atom is 0.234 e. The van der Waals surface area contributed by atoms with E-state index in [2.05, 4.69) is 20.6 Å². The smallest absolute Gasteiger partial charge is 0.234 e. The molecule has 0 atom stereocenters. The molecule has 0 unspecified atom stereocenters. The van der Waals surface area contributed by atoms with E-state index in [1.165, 1.54) is 18.3 Å². The zero-order valence-electron chi connectivity index (χ0n) is 15.5. The first-order valence-electron chi connectivity index (χ1n) is 8.91. The molecule has 0 aliphatic carbocycles. The molecule has 3 amide bonds. The third-order valence-corrected chi connectivity index (χ3v) is 5.45. The Labute approximate surface area is 160 Å². The second-order valence-electron chi connectivity index (χ2n) is 6.42. The molecule has 10 nitrogen and oxygen atoms in total. The van der Waals surface area contributed by atoms with Crippen molar-refractivity contribution in [1.82, 2.24) is 34.9 Å². The van der Waals surface area contributed by atoms with Crippen molar-refractivity contribution in [3.8, 4) is 0 Å². The highest BCUT2D eigenvalue weighted by Crippen LogP contribution is 2.15. The summed E-state index contributed by atoms with van der Waals surface area (Å²) in [6.45, 7) is 5.91. The molecule has 146 valence electrons. The van der Waals surface area contributed by atoms with Crippen LogP contribution in [0.1, 0.15) is 30.6 Å². The Morgan fingerprint density at radius 1 is 1.07 bits per heavy atom. The van der Waals surface area contributed by atoms with Gasteiger partial charge in [-0.2, -0.15) is 9.61 Å². The Hall–Kier alpha value is -2.56. The number of hydrogen-bond acceptors (Lipinski definition) is 7. The molecule has 1 aliphatic rings. The summed E-state index contributed by atoms with van der Waals surface area (Å²) in [5, 5.41) is 15.9. The topological polar surface area (TPSA) is 113 Å². The van der Waals surface area contributed by atoms with Crippen LogP contribution in [0.2, 0.25) is 0 Å². The van der Waals surface area contributed by atoms with Crippen molar-refractivity contribution >= 4 is 34.0 Å². The molecule has 0 spiro atoms. The first kappa shape index (κ1) is 19.2. The third-order valence-electron chi connectivity index (χ3n) is 4.49. The minimum absolute atomic E-state index is 0.00243. The summed E-state index contributed by atoms with van der Waals surface area (Å²) < 4.78 is 1.67. The molecule has 27 heavy (non-hydrogen) atoms. The molecule has 2 aromatic rings. The van der Waals surface area contributed by atoms with E-state index in [0.29, 0.717) is 45.6 Å². The predicted octanol–water partition coefficient (Wildman–Crippen LogP) is -0.376. The monoisotopic (exact) mass is 393 g/mol. The molecule has 0 bridgehead atoms. The molecule has 2 aromatic heterocycles. The maximum absolute atomic E-state index is 12.2. The summed E-state index contributed by atoms with van der Waals surface area (Å²) in [6.07, 6.45) is 1.11. The molecule has 3 heterocycles. The fourth-order valence-electron chi connectivity index (χ4n) is 2.90. The van der Waals surface area contributed by atoms with E-state index in [1.54, 1.807) is 14.3 Å². The average molecular weight is 393 g/mol. The van der Waals surface area contributed by atoms with Crippen molar-refractivity contribution in [2.45, 2.75) is 33.1 Å². The van der Waals surface area contributed by atoms with Gasteiger partial charge in [0.1, 0.15) is 5.01 Å². The average Bonchev–Trinajstić information content (AvgIpc) is 3.21. The molecule has 1 saturated heterocycles. The Balaban J connectivity index is 1.34. The van der Waals surface area contributed by atoms with Crippen molar-refractivity contribution in [1.29, 1.82) is 0 Å². The number of rotatable bonds is 6. The first-order chi connectivity index (χ1) is 12.9. The van der Waals surface area contributed by atoms with Gasteiger partial charge < -0.3 is 15.1 Å². The van der Waals surface area contributed by atoms with E-state index >= 15 is 0 Å². The molecular weight excluding hydrogens is 370 g/mol. The molecule has 1 fully saturated rings. The summed E-state index contributed by atoms with van der Waals surface area (Å²) >= 11 is 1.42. The number of amides is 3. The number of carbonyl (C=O) groups excluding carboxylic acids is 3. The number of nitrogens with one attached hydrogen (secondary N) is 1. The van der Waals surface area contributed by atoms with Crippen molar-refractivity contribution in [3.63, 3.8) is 0 Å². The normalized spacial score (nSPS) is 14.6. The third kappa shape index (κ3) is 4.79. The molecule has 0 saturated carbocycles. The van der Waals surface area contributed by atoms with Crippen molar-refractivity contribution in [3.05, 3.63) is 10.8 Å². The lowest BCUT2D eigenvalue weighted by atomic mass is 10.2. The number of nitrogens with zero attached hydrogens (tertiary/aromatic N) is 6. The van der Waals surface area contributed by atoms with E-state index in [1.807, 2.05) is 6.92 Å². The molecule has 1 aliphatic heterocycles. The predicted molar refractivity (Wildman–Crippen MR) is 98.2 cm³/mol. The van der Waals surface area contributed by atoms with Crippen LogP contribution in [-0.4, -0.2) is 80.1 Å². The van der Waals surface area contributed by atoms with Gasteiger partial charge in [-0.05, 0) is 6.92 Å². The van der Waals surface area contributed by atoms with Gasteiger partial charge in [-0.25, -0.2) is 0 Å². The molecule has 0 radical (unpaired) electrons. The van der Waals surface area contributed by atoms with Gasteiger partial charge in [-0.1, -0.05) is 11.3 Å². The Kier molecular flexibility index (Phi) is 5.99. The van der Waals surface area contributed by atoms with Crippen LogP contribution in [0.25, 0.3) is 4.96 Å². The lowest BCUT2D eigenvalue weighted by Crippen LogP contribution is -2.50. The van der Waals surface area contributed by atoms with Crippen LogP contribution in [0, 0.1) is 6.92 Å². The van der Waals surface area contributed by atoms with E-state index in [0.717, 1.165) is 15.8 Å². The highest BCUT2D eigenvalue weighted by Gasteiger charge is 2.22. The molecule has 3 rings (SSSR count). The van der Waals surface area contributed by atoms with E-state index < -0.39 is 0 Å². The fraction of sp³-hybridized carbons (Fsp3) is 0.625. The summed E-state index contributed by atoms with van der Waals surface area (Å²) in [6, 6.07) is 0. The number of aromatic nitrogens is 4. The van der Waals surface area contributed by atoms with Crippen LogP contribution >= 0.6 is 11.3 Å². The van der Waals surface area contributed by atoms with Gasteiger partial charge in [-0.15, -0.1) is 10.2 Å². The van der Waals surface area contributed by atoms with E-state index in [-0.39, 0.29) is 24.1 Å². The summed E-state index contributed by atoms with van der Waals surface area (Å²) in [4.78, 5) is 39.7. The van der Waals surface area contributed by atoms with Gasteiger partial charge in [0.2, 0.25) is 22.7 Å². The van der Waals surface area contributed by atoms with Crippen molar-refractivity contribution < 1.29 is 14.4 Å². The Bertz CT molecular complexity index is 838. The Morgan fingerprint density at radius 2 is 1.78 bits per heavy atom. The number of hydrogen-bond donors (Lipinski definition) is 1. The summed E-state index contributed by atoms with van der Waals surface area (Å²) in [7, 11) is 0. The zero-order chi connectivity index (χ0) is 19.4.